The lowest BCUT2D eigenvalue weighted by Crippen LogP contribution is -2.27. The molecule has 0 bridgehead atoms. The number of rotatable bonds is 18. The predicted molar refractivity (Wildman–Crippen MR) is 153 cm³/mol. The molecule has 11 heteroatoms. The predicted octanol–water partition coefficient (Wildman–Crippen LogP) is 4.10. The molecule has 1 amide bonds. The SMILES string of the molecule is CCC(CC)Nc1nc(NCCOCCOCCNC(=O)c2ccccc2)nc(Nc2cccc(OC)c2)n1. The molecule has 0 aliphatic carbocycles. The molecule has 0 atom stereocenters. The summed E-state index contributed by atoms with van der Waals surface area (Å²) in [7, 11) is 1.63. The molecule has 0 radical (unpaired) electrons. The average molecular weight is 538 g/mol. The van der Waals surface area contributed by atoms with E-state index in [4.69, 9.17) is 14.2 Å². The fraction of sp³-hybridized carbons (Fsp3) is 0.429. The molecule has 0 fully saturated rings. The lowest BCUT2D eigenvalue weighted by atomic mass is 10.2. The summed E-state index contributed by atoms with van der Waals surface area (Å²) in [5.74, 6) is 1.99. The van der Waals surface area contributed by atoms with Crippen molar-refractivity contribution in [3.8, 4) is 5.75 Å². The number of ether oxygens (including phenoxy) is 3. The van der Waals surface area contributed by atoms with Gasteiger partial charge in [-0.05, 0) is 37.1 Å². The molecule has 0 aliphatic rings. The number of carbonyl (C=O) groups is 1. The van der Waals surface area contributed by atoms with Crippen LogP contribution < -0.4 is 26.0 Å². The number of hydrogen-bond acceptors (Lipinski definition) is 10. The van der Waals surface area contributed by atoms with Gasteiger partial charge in [0.2, 0.25) is 17.8 Å². The summed E-state index contributed by atoms with van der Waals surface area (Å²) in [6.45, 7) is 6.95. The standard InChI is InChI=1S/C28H39N7O4/c1-4-22(5-2)31-27-33-26(34-28(35-27)32-23-12-9-13-24(20-23)37-3)30-15-17-39-19-18-38-16-14-29-25(36)21-10-7-6-8-11-21/h6-13,20,22H,4-5,14-19H2,1-3H3,(H,29,36)(H3,30,31,32,33,34,35). The summed E-state index contributed by atoms with van der Waals surface area (Å²) in [5.41, 5.74) is 1.44. The van der Waals surface area contributed by atoms with Gasteiger partial charge < -0.3 is 35.5 Å². The van der Waals surface area contributed by atoms with Gasteiger partial charge in [0, 0.05) is 36.4 Å². The highest BCUT2D eigenvalue weighted by atomic mass is 16.5. The van der Waals surface area contributed by atoms with Crippen LogP contribution in [0.15, 0.2) is 54.6 Å². The Kier molecular flexibility index (Phi) is 12.7. The first-order valence-electron chi connectivity index (χ1n) is 13.3. The van der Waals surface area contributed by atoms with Gasteiger partial charge >= 0.3 is 0 Å². The molecule has 39 heavy (non-hydrogen) atoms. The molecule has 210 valence electrons. The van der Waals surface area contributed by atoms with E-state index in [0.29, 0.717) is 62.9 Å². The second kappa shape index (κ2) is 16.8. The quantitative estimate of drug-likeness (QED) is 0.176. The van der Waals surface area contributed by atoms with E-state index in [1.165, 1.54) is 0 Å². The Hall–Kier alpha value is -3.96. The van der Waals surface area contributed by atoms with E-state index in [0.717, 1.165) is 24.3 Å². The summed E-state index contributed by atoms with van der Waals surface area (Å²) < 4.78 is 16.5. The van der Waals surface area contributed by atoms with Gasteiger partial charge in [0.25, 0.3) is 5.91 Å². The van der Waals surface area contributed by atoms with Crippen LogP contribution >= 0.6 is 0 Å². The molecule has 3 rings (SSSR count). The van der Waals surface area contributed by atoms with Crippen LogP contribution in [0.3, 0.4) is 0 Å². The van der Waals surface area contributed by atoms with Gasteiger partial charge in [0.1, 0.15) is 5.75 Å². The van der Waals surface area contributed by atoms with Crippen LogP contribution in [0, 0.1) is 0 Å². The van der Waals surface area contributed by atoms with Crippen LogP contribution in [0.4, 0.5) is 23.5 Å². The number of hydrogen-bond donors (Lipinski definition) is 4. The summed E-state index contributed by atoms with van der Waals surface area (Å²) in [4.78, 5) is 25.6. The second-order valence-electron chi connectivity index (χ2n) is 8.59. The third-order valence-corrected chi connectivity index (χ3v) is 5.75. The van der Waals surface area contributed by atoms with E-state index in [-0.39, 0.29) is 11.9 Å². The molecular weight excluding hydrogens is 498 g/mol. The van der Waals surface area contributed by atoms with E-state index < -0.39 is 0 Å². The third kappa shape index (κ3) is 10.7. The number of anilines is 4. The molecule has 4 N–H and O–H groups in total. The zero-order valence-electron chi connectivity index (χ0n) is 22.9. The van der Waals surface area contributed by atoms with Gasteiger partial charge in [0.15, 0.2) is 0 Å². The largest absolute Gasteiger partial charge is 0.497 e. The van der Waals surface area contributed by atoms with E-state index in [1.54, 1.807) is 19.2 Å². The number of carbonyl (C=O) groups excluding carboxylic acids is 1. The van der Waals surface area contributed by atoms with Gasteiger partial charge in [-0.2, -0.15) is 15.0 Å². The van der Waals surface area contributed by atoms with Crippen molar-refractivity contribution in [3.63, 3.8) is 0 Å². The highest BCUT2D eigenvalue weighted by Gasteiger charge is 2.11. The Balaban J connectivity index is 1.40. The first kappa shape index (κ1) is 29.6. The van der Waals surface area contributed by atoms with E-state index in [2.05, 4.69) is 50.1 Å². The Morgan fingerprint density at radius 2 is 1.51 bits per heavy atom. The van der Waals surface area contributed by atoms with Crippen molar-refractivity contribution in [1.29, 1.82) is 0 Å². The van der Waals surface area contributed by atoms with Crippen molar-refractivity contribution in [2.45, 2.75) is 32.7 Å². The Morgan fingerprint density at radius 1 is 0.821 bits per heavy atom. The maximum absolute atomic E-state index is 12.0. The van der Waals surface area contributed by atoms with Crippen molar-refractivity contribution in [3.05, 3.63) is 60.2 Å². The summed E-state index contributed by atoms with van der Waals surface area (Å²) in [6.07, 6.45) is 1.91. The molecule has 0 aliphatic heterocycles. The van der Waals surface area contributed by atoms with Crippen molar-refractivity contribution in [1.82, 2.24) is 20.3 Å². The van der Waals surface area contributed by atoms with Crippen LogP contribution in [0.2, 0.25) is 0 Å². The molecule has 0 spiro atoms. The van der Waals surface area contributed by atoms with E-state index >= 15 is 0 Å². The highest BCUT2D eigenvalue weighted by molar-refractivity contribution is 5.94. The van der Waals surface area contributed by atoms with Crippen LogP contribution in [0.1, 0.15) is 37.0 Å². The van der Waals surface area contributed by atoms with Crippen molar-refractivity contribution >= 4 is 29.4 Å². The summed E-state index contributed by atoms with van der Waals surface area (Å²) >= 11 is 0. The van der Waals surface area contributed by atoms with Crippen molar-refractivity contribution in [2.75, 3.05) is 62.6 Å². The number of amides is 1. The molecule has 2 aromatic carbocycles. The first-order chi connectivity index (χ1) is 19.1. The molecule has 11 nitrogen and oxygen atoms in total. The Labute approximate surface area is 230 Å². The molecule has 1 heterocycles. The van der Waals surface area contributed by atoms with Crippen molar-refractivity contribution < 1.29 is 19.0 Å². The number of aromatic nitrogens is 3. The normalized spacial score (nSPS) is 10.8. The number of benzene rings is 2. The second-order valence-corrected chi connectivity index (χ2v) is 8.59. The smallest absolute Gasteiger partial charge is 0.251 e. The zero-order chi connectivity index (χ0) is 27.7. The zero-order valence-corrected chi connectivity index (χ0v) is 22.9. The number of nitrogens with zero attached hydrogens (tertiary/aromatic N) is 3. The molecule has 0 saturated carbocycles. The van der Waals surface area contributed by atoms with Crippen LogP contribution in [-0.2, 0) is 9.47 Å². The lowest BCUT2D eigenvalue weighted by Gasteiger charge is -2.16. The van der Waals surface area contributed by atoms with Gasteiger partial charge in [0.05, 0.1) is 33.5 Å². The minimum Gasteiger partial charge on any atom is -0.497 e. The van der Waals surface area contributed by atoms with Crippen molar-refractivity contribution in [2.24, 2.45) is 0 Å². The topological polar surface area (TPSA) is 132 Å². The fourth-order valence-corrected chi connectivity index (χ4v) is 3.57. The average Bonchev–Trinajstić information content (AvgIpc) is 2.97. The lowest BCUT2D eigenvalue weighted by molar-refractivity contribution is 0.0519. The van der Waals surface area contributed by atoms with Gasteiger partial charge in [-0.25, -0.2) is 0 Å². The summed E-state index contributed by atoms with van der Waals surface area (Å²) in [6, 6.07) is 16.9. The van der Waals surface area contributed by atoms with Gasteiger partial charge in [-0.15, -0.1) is 0 Å². The van der Waals surface area contributed by atoms with E-state index in [9.17, 15) is 4.79 Å². The Bertz CT molecular complexity index is 1130. The van der Waals surface area contributed by atoms with Crippen LogP contribution in [0.25, 0.3) is 0 Å². The monoisotopic (exact) mass is 537 g/mol. The maximum Gasteiger partial charge on any atom is 0.251 e. The Morgan fingerprint density at radius 3 is 2.23 bits per heavy atom. The van der Waals surface area contributed by atoms with Crippen LogP contribution in [0.5, 0.6) is 5.75 Å². The molecule has 0 saturated heterocycles. The molecule has 0 unspecified atom stereocenters. The highest BCUT2D eigenvalue weighted by Crippen LogP contribution is 2.21. The molecule has 3 aromatic rings. The minimum absolute atomic E-state index is 0.111. The minimum atomic E-state index is -0.111. The van der Waals surface area contributed by atoms with Crippen LogP contribution in [-0.4, -0.2) is 73.5 Å². The van der Waals surface area contributed by atoms with E-state index in [1.807, 2.05) is 42.5 Å². The molecular formula is C28H39N7O4. The summed E-state index contributed by atoms with van der Waals surface area (Å²) in [5, 5.41) is 12.6. The maximum atomic E-state index is 12.0. The van der Waals surface area contributed by atoms with Gasteiger partial charge in [-0.1, -0.05) is 38.1 Å². The third-order valence-electron chi connectivity index (χ3n) is 5.75. The number of nitrogens with one attached hydrogen (secondary N) is 4. The molecule has 1 aromatic heterocycles. The fourth-order valence-electron chi connectivity index (χ4n) is 3.57. The first-order valence-corrected chi connectivity index (χ1v) is 13.3. The number of methoxy groups -OCH3 is 1. The van der Waals surface area contributed by atoms with Gasteiger partial charge in [-0.3, -0.25) is 4.79 Å².